The number of benzene rings is 2. The fourth-order valence-corrected chi connectivity index (χ4v) is 2.72. The van der Waals surface area contributed by atoms with Gasteiger partial charge in [-0.1, -0.05) is 48.5 Å². The van der Waals surface area contributed by atoms with Crippen molar-refractivity contribution >= 4 is 17.6 Å². The molecule has 0 spiro atoms. The van der Waals surface area contributed by atoms with Gasteiger partial charge >= 0.3 is 0 Å². The lowest BCUT2D eigenvalue weighted by atomic mass is 10.0. The van der Waals surface area contributed by atoms with Gasteiger partial charge in [0.15, 0.2) is 0 Å². The van der Waals surface area contributed by atoms with Crippen LogP contribution < -0.4 is 5.32 Å². The number of nitrogens with zero attached hydrogens (tertiary/aromatic N) is 2. The van der Waals surface area contributed by atoms with Crippen molar-refractivity contribution in [1.29, 1.82) is 0 Å². The van der Waals surface area contributed by atoms with Crippen LogP contribution in [0.4, 0.5) is 5.69 Å². The standard InChI is InChI=1S/C18H19N3O/c1-13-16-10-6-7-11-17(16)20-18(19-14(2)22)21(13)12-15-8-4-3-5-9-15/h3-11,13H,12H2,1-2H3,(H,19,20,22)/t13-/m0/s1. The third-order valence-electron chi connectivity index (χ3n) is 3.84. The van der Waals surface area contributed by atoms with Crippen molar-refractivity contribution in [2.75, 3.05) is 0 Å². The van der Waals surface area contributed by atoms with E-state index in [1.807, 2.05) is 36.4 Å². The zero-order valence-corrected chi connectivity index (χ0v) is 12.8. The maximum Gasteiger partial charge on any atom is 0.223 e. The first-order chi connectivity index (χ1) is 10.6. The van der Waals surface area contributed by atoms with Crippen LogP contribution in [0.1, 0.15) is 31.0 Å². The number of carbonyl (C=O) groups excluding carboxylic acids is 1. The van der Waals surface area contributed by atoms with Crippen molar-refractivity contribution in [2.24, 2.45) is 4.99 Å². The largest absolute Gasteiger partial charge is 0.331 e. The average Bonchev–Trinajstić information content (AvgIpc) is 2.52. The number of para-hydroxylation sites is 1. The van der Waals surface area contributed by atoms with Gasteiger partial charge in [-0.25, -0.2) is 4.99 Å². The van der Waals surface area contributed by atoms with E-state index in [4.69, 9.17) is 0 Å². The molecule has 2 aromatic carbocycles. The molecule has 22 heavy (non-hydrogen) atoms. The van der Waals surface area contributed by atoms with Crippen LogP contribution in [0.15, 0.2) is 59.6 Å². The summed E-state index contributed by atoms with van der Waals surface area (Å²) in [5, 5.41) is 2.86. The van der Waals surface area contributed by atoms with Crippen molar-refractivity contribution in [1.82, 2.24) is 10.2 Å². The summed E-state index contributed by atoms with van der Waals surface area (Å²) >= 11 is 0. The van der Waals surface area contributed by atoms with Gasteiger partial charge in [-0.3, -0.25) is 10.1 Å². The van der Waals surface area contributed by atoms with E-state index in [2.05, 4.69) is 40.3 Å². The molecule has 1 aliphatic rings. The monoisotopic (exact) mass is 293 g/mol. The molecule has 1 amide bonds. The van der Waals surface area contributed by atoms with E-state index in [1.165, 1.54) is 18.1 Å². The van der Waals surface area contributed by atoms with Gasteiger partial charge in [0.25, 0.3) is 0 Å². The Morgan fingerprint density at radius 1 is 1.14 bits per heavy atom. The highest BCUT2D eigenvalue weighted by Crippen LogP contribution is 2.34. The number of amides is 1. The Bertz CT molecular complexity index is 709. The van der Waals surface area contributed by atoms with Crippen LogP contribution in [0.5, 0.6) is 0 Å². The third kappa shape index (κ3) is 2.86. The molecule has 1 N–H and O–H groups in total. The highest BCUT2D eigenvalue weighted by atomic mass is 16.1. The average molecular weight is 293 g/mol. The van der Waals surface area contributed by atoms with Crippen molar-refractivity contribution in [2.45, 2.75) is 26.4 Å². The topological polar surface area (TPSA) is 44.7 Å². The highest BCUT2D eigenvalue weighted by Gasteiger charge is 2.27. The van der Waals surface area contributed by atoms with Crippen molar-refractivity contribution in [3.63, 3.8) is 0 Å². The lowest BCUT2D eigenvalue weighted by molar-refractivity contribution is -0.117. The lowest BCUT2D eigenvalue weighted by Crippen LogP contribution is -2.45. The maximum absolute atomic E-state index is 11.5. The molecule has 0 fully saturated rings. The molecule has 1 heterocycles. The quantitative estimate of drug-likeness (QED) is 0.922. The second-order valence-electron chi connectivity index (χ2n) is 5.46. The van der Waals surface area contributed by atoms with Crippen LogP contribution in [0.3, 0.4) is 0 Å². The molecule has 2 aromatic rings. The number of fused-ring (bicyclic) bond motifs is 1. The van der Waals surface area contributed by atoms with Crippen molar-refractivity contribution in [3.8, 4) is 0 Å². The molecule has 1 atom stereocenters. The zero-order valence-electron chi connectivity index (χ0n) is 12.8. The summed E-state index contributed by atoms with van der Waals surface area (Å²) < 4.78 is 0. The summed E-state index contributed by atoms with van der Waals surface area (Å²) in [5.74, 6) is 0.506. The van der Waals surface area contributed by atoms with Gasteiger partial charge in [0.2, 0.25) is 11.9 Å². The molecular formula is C18H19N3O. The Morgan fingerprint density at radius 2 is 1.82 bits per heavy atom. The molecular weight excluding hydrogens is 274 g/mol. The van der Waals surface area contributed by atoms with Gasteiger partial charge in [0.1, 0.15) is 0 Å². The van der Waals surface area contributed by atoms with E-state index in [9.17, 15) is 4.79 Å². The molecule has 0 aliphatic carbocycles. The Kier molecular flexibility index (Phi) is 3.92. The van der Waals surface area contributed by atoms with Gasteiger partial charge in [-0.05, 0) is 18.6 Å². The molecule has 1 aliphatic heterocycles. The van der Waals surface area contributed by atoms with E-state index in [0.717, 1.165) is 5.69 Å². The summed E-state index contributed by atoms with van der Waals surface area (Å²) in [7, 11) is 0. The molecule has 0 radical (unpaired) electrons. The Hall–Kier alpha value is -2.62. The summed E-state index contributed by atoms with van der Waals surface area (Å²) in [4.78, 5) is 18.3. The first-order valence-electron chi connectivity index (χ1n) is 7.41. The highest BCUT2D eigenvalue weighted by molar-refractivity contribution is 5.98. The Labute approximate surface area is 130 Å². The van der Waals surface area contributed by atoms with Crippen LogP contribution in [0.25, 0.3) is 0 Å². The predicted molar refractivity (Wildman–Crippen MR) is 87.8 cm³/mol. The minimum Gasteiger partial charge on any atom is -0.331 e. The molecule has 3 rings (SSSR count). The smallest absolute Gasteiger partial charge is 0.223 e. The molecule has 4 nitrogen and oxygen atoms in total. The van der Waals surface area contributed by atoms with Gasteiger partial charge in [-0.15, -0.1) is 0 Å². The summed E-state index contributed by atoms with van der Waals surface area (Å²) in [6.07, 6.45) is 0. The number of hydrogen-bond acceptors (Lipinski definition) is 3. The van der Waals surface area contributed by atoms with Crippen LogP contribution in [0, 0.1) is 0 Å². The fraction of sp³-hybridized carbons (Fsp3) is 0.222. The number of guanidine groups is 1. The van der Waals surface area contributed by atoms with Crippen molar-refractivity contribution < 1.29 is 4.79 Å². The number of nitrogens with one attached hydrogen (secondary N) is 1. The predicted octanol–water partition coefficient (Wildman–Crippen LogP) is 3.39. The van der Waals surface area contributed by atoms with E-state index in [-0.39, 0.29) is 11.9 Å². The lowest BCUT2D eigenvalue weighted by Gasteiger charge is -2.36. The van der Waals surface area contributed by atoms with Gasteiger partial charge < -0.3 is 4.90 Å². The first-order valence-corrected chi connectivity index (χ1v) is 7.41. The molecule has 112 valence electrons. The van der Waals surface area contributed by atoms with E-state index < -0.39 is 0 Å². The molecule has 0 unspecified atom stereocenters. The van der Waals surface area contributed by atoms with Crippen LogP contribution in [-0.2, 0) is 11.3 Å². The van der Waals surface area contributed by atoms with E-state index >= 15 is 0 Å². The number of aliphatic imine (C=N–C) groups is 1. The fourth-order valence-electron chi connectivity index (χ4n) is 2.72. The minimum atomic E-state index is -0.108. The van der Waals surface area contributed by atoms with Crippen LogP contribution in [-0.4, -0.2) is 16.8 Å². The number of carbonyl (C=O) groups is 1. The summed E-state index contributed by atoms with van der Waals surface area (Å²) in [6, 6.07) is 18.4. The van der Waals surface area contributed by atoms with Crippen molar-refractivity contribution in [3.05, 3.63) is 65.7 Å². The van der Waals surface area contributed by atoms with Crippen LogP contribution in [0.2, 0.25) is 0 Å². The van der Waals surface area contributed by atoms with E-state index in [0.29, 0.717) is 12.5 Å². The normalized spacial score (nSPS) is 16.7. The second kappa shape index (κ2) is 6.02. The maximum atomic E-state index is 11.5. The molecule has 4 heteroatoms. The van der Waals surface area contributed by atoms with E-state index in [1.54, 1.807) is 0 Å². The SMILES string of the molecule is CC(=O)NC1=Nc2ccccc2[C@H](C)N1Cc1ccccc1. The minimum absolute atomic E-state index is 0.108. The first kappa shape index (κ1) is 14.3. The Morgan fingerprint density at radius 3 is 2.55 bits per heavy atom. The molecule has 0 bridgehead atoms. The summed E-state index contributed by atoms with van der Waals surface area (Å²) in [6.45, 7) is 4.35. The number of hydrogen-bond donors (Lipinski definition) is 1. The zero-order chi connectivity index (χ0) is 15.5. The second-order valence-corrected chi connectivity index (χ2v) is 5.46. The number of rotatable bonds is 2. The van der Waals surface area contributed by atoms with Crippen LogP contribution >= 0.6 is 0 Å². The summed E-state index contributed by atoms with van der Waals surface area (Å²) in [5.41, 5.74) is 3.28. The molecule has 0 saturated heterocycles. The van der Waals surface area contributed by atoms with Gasteiger partial charge in [0, 0.05) is 19.0 Å². The van der Waals surface area contributed by atoms with Gasteiger partial charge in [-0.2, -0.15) is 0 Å². The third-order valence-corrected chi connectivity index (χ3v) is 3.84. The molecule has 0 aromatic heterocycles. The molecule has 0 saturated carbocycles. The Balaban J connectivity index is 1.97. The van der Waals surface area contributed by atoms with Gasteiger partial charge in [0.05, 0.1) is 11.7 Å².